The molecule has 3 aromatic rings. The summed E-state index contributed by atoms with van der Waals surface area (Å²) in [5.41, 5.74) is 3.43. The molecule has 0 radical (unpaired) electrons. The van der Waals surface area contributed by atoms with Crippen LogP contribution in [0.25, 0.3) is 5.82 Å². The van der Waals surface area contributed by atoms with Crippen molar-refractivity contribution in [2.75, 3.05) is 13.1 Å². The van der Waals surface area contributed by atoms with Gasteiger partial charge in [-0.05, 0) is 61.8 Å². The zero-order valence-electron chi connectivity index (χ0n) is 16.2. The Kier molecular flexibility index (Phi) is 5.46. The summed E-state index contributed by atoms with van der Waals surface area (Å²) in [6.07, 6.45) is 9.29. The molecule has 0 unspecified atom stereocenters. The maximum Gasteiger partial charge on any atom is 0.254 e. The standard InChI is InChI=1S/C22H25N5O/c1-17-5-2-3-7-19(17)9-8-18-6-4-12-26(14-18)22(28)20-10-11-23-21(13-20)27-15-24-25-16-27/h2-3,5,7,10-11,13,15-16,18H,4,6,8-9,12,14H2,1H3/t18-/m1/s1. The van der Waals surface area contributed by atoms with E-state index >= 15 is 0 Å². The predicted octanol–water partition coefficient (Wildman–Crippen LogP) is 3.46. The number of hydrogen-bond acceptors (Lipinski definition) is 4. The van der Waals surface area contributed by atoms with Gasteiger partial charge in [-0.25, -0.2) is 4.98 Å². The molecule has 0 bridgehead atoms. The van der Waals surface area contributed by atoms with Crippen LogP contribution in [0.1, 0.15) is 40.7 Å². The molecule has 0 aliphatic carbocycles. The van der Waals surface area contributed by atoms with Gasteiger partial charge in [0.05, 0.1) is 0 Å². The van der Waals surface area contributed by atoms with Gasteiger partial charge in [-0.15, -0.1) is 10.2 Å². The van der Waals surface area contributed by atoms with Crippen LogP contribution in [-0.2, 0) is 6.42 Å². The second kappa shape index (κ2) is 8.33. The van der Waals surface area contributed by atoms with Crippen molar-refractivity contribution in [1.82, 2.24) is 24.6 Å². The molecule has 0 N–H and O–H groups in total. The van der Waals surface area contributed by atoms with Crippen molar-refractivity contribution in [1.29, 1.82) is 0 Å². The predicted molar refractivity (Wildman–Crippen MR) is 107 cm³/mol. The zero-order valence-corrected chi connectivity index (χ0v) is 16.2. The molecule has 0 spiro atoms. The topological polar surface area (TPSA) is 63.9 Å². The van der Waals surface area contributed by atoms with Crippen LogP contribution in [0.3, 0.4) is 0 Å². The van der Waals surface area contributed by atoms with E-state index in [1.54, 1.807) is 29.5 Å². The number of carbonyl (C=O) groups excluding carboxylic acids is 1. The lowest BCUT2D eigenvalue weighted by Crippen LogP contribution is -2.40. The molecule has 1 amide bonds. The van der Waals surface area contributed by atoms with E-state index in [0.717, 1.165) is 32.4 Å². The van der Waals surface area contributed by atoms with Crippen LogP contribution < -0.4 is 0 Å². The van der Waals surface area contributed by atoms with Gasteiger partial charge in [0, 0.05) is 24.8 Å². The summed E-state index contributed by atoms with van der Waals surface area (Å²) < 4.78 is 1.71. The van der Waals surface area contributed by atoms with Crippen LogP contribution >= 0.6 is 0 Å². The molecule has 6 heteroatoms. The first-order valence-corrected chi connectivity index (χ1v) is 9.85. The van der Waals surface area contributed by atoms with Crippen LogP contribution in [0.5, 0.6) is 0 Å². The van der Waals surface area contributed by atoms with Crippen LogP contribution in [0.4, 0.5) is 0 Å². The Hall–Kier alpha value is -3.02. The summed E-state index contributed by atoms with van der Waals surface area (Å²) in [6.45, 7) is 3.82. The molecule has 1 atom stereocenters. The fraction of sp³-hybridized carbons (Fsp3) is 0.364. The van der Waals surface area contributed by atoms with Crippen molar-refractivity contribution in [3.05, 3.63) is 71.9 Å². The highest BCUT2D eigenvalue weighted by Crippen LogP contribution is 2.24. The Morgan fingerprint density at radius 3 is 2.82 bits per heavy atom. The number of aromatic nitrogens is 4. The summed E-state index contributed by atoms with van der Waals surface area (Å²) >= 11 is 0. The maximum atomic E-state index is 13.1. The summed E-state index contributed by atoms with van der Waals surface area (Å²) in [4.78, 5) is 19.4. The van der Waals surface area contributed by atoms with E-state index in [2.05, 4.69) is 46.4 Å². The number of rotatable bonds is 5. The lowest BCUT2D eigenvalue weighted by Gasteiger charge is -2.33. The summed E-state index contributed by atoms with van der Waals surface area (Å²) in [6, 6.07) is 12.2. The molecule has 3 heterocycles. The van der Waals surface area contributed by atoms with E-state index < -0.39 is 0 Å². The normalized spacial score (nSPS) is 16.9. The number of hydrogen-bond donors (Lipinski definition) is 0. The summed E-state index contributed by atoms with van der Waals surface area (Å²) in [5.74, 6) is 1.29. The Labute approximate surface area is 165 Å². The van der Waals surface area contributed by atoms with Gasteiger partial charge >= 0.3 is 0 Å². The molecule has 28 heavy (non-hydrogen) atoms. The quantitative estimate of drug-likeness (QED) is 0.685. The van der Waals surface area contributed by atoms with Crippen LogP contribution in [0.15, 0.2) is 55.2 Å². The number of amides is 1. The number of nitrogens with zero attached hydrogens (tertiary/aromatic N) is 5. The smallest absolute Gasteiger partial charge is 0.254 e. The number of pyridine rings is 1. The fourth-order valence-electron chi connectivity index (χ4n) is 3.93. The molecule has 1 aliphatic heterocycles. The fourth-order valence-corrected chi connectivity index (χ4v) is 3.93. The highest BCUT2D eigenvalue weighted by Gasteiger charge is 2.24. The van der Waals surface area contributed by atoms with E-state index in [0.29, 0.717) is 17.3 Å². The molecule has 144 valence electrons. The lowest BCUT2D eigenvalue weighted by atomic mass is 9.90. The van der Waals surface area contributed by atoms with Gasteiger partial charge in [0.15, 0.2) is 0 Å². The molecular formula is C22H25N5O. The van der Waals surface area contributed by atoms with Gasteiger partial charge in [0.25, 0.3) is 5.91 Å². The van der Waals surface area contributed by atoms with Crippen molar-refractivity contribution in [2.24, 2.45) is 5.92 Å². The molecule has 4 rings (SSSR count). The first-order valence-electron chi connectivity index (χ1n) is 9.85. The molecular weight excluding hydrogens is 350 g/mol. The number of carbonyl (C=O) groups is 1. The number of piperidine rings is 1. The SMILES string of the molecule is Cc1ccccc1CC[C@H]1CCCN(C(=O)c2ccnc(-n3cnnc3)c2)C1. The summed E-state index contributed by atoms with van der Waals surface area (Å²) in [5, 5.41) is 7.60. The van der Waals surface area contributed by atoms with Crippen molar-refractivity contribution in [3.8, 4) is 5.82 Å². The minimum Gasteiger partial charge on any atom is -0.338 e. The average Bonchev–Trinajstić information content (AvgIpc) is 3.28. The Balaban J connectivity index is 1.41. The molecule has 1 aromatic carbocycles. The highest BCUT2D eigenvalue weighted by molar-refractivity contribution is 5.94. The molecule has 2 aromatic heterocycles. The van der Waals surface area contributed by atoms with E-state index in [-0.39, 0.29) is 5.91 Å². The van der Waals surface area contributed by atoms with Crippen molar-refractivity contribution in [2.45, 2.75) is 32.6 Å². The third kappa shape index (κ3) is 4.11. The van der Waals surface area contributed by atoms with Crippen molar-refractivity contribution < 1.29 is 4.79 Å². The zero-order chi connectivity index (χ0) is 19.3. The van der Waals surface area contributed by atoms with Gasteiger partial charge < -0.3 is 4.90 Å². The molecule has 1 aliphatic rings. The Morgan fingerprint density at radius 2 is 2.00 bits per heavy atom. The second-order valence-electron chi connectivity index (χ2n) is 7.50. The molecule has 0 saturated carbocycles. The van der Waals surface area contributed by atoms with Gasteiger partial charge in [-0.1, -0.05) is 24.3 Å². The largest absolute Gasteiger partial charge is 0.338 e. The molecule has 6 nitrogen and oxygen atoms in total. The Morgan fingerprint density at radius 1 is 1.18 bits per heavy atom. The van der Waals surface area contributed by atoms with Crippen LogP contribution in [0.2, 0.25) is 0 Å². The lowest BCUT2D eigenvalue weighted by molar-refractivity contribution is 0.0668. The third-order valence-corrected chi connectivity index (χ3v) is 5.57. The number of likely N-dealkylation sites (tertiary alicyclic amines) is 1. The molecule has 1 saturated heterocycles. The van der Waals surface area contributed by atoms with Crippen LogP contribution in [0, 0.1) is 12.8 Å². The van der Waals surface area contributed by atoms with E-state index in [1.807, 2.05) is 11.0 Å². The Bertz CT molecular complexity index is 938. The first kappa shape index (κ1) is 18.3. The highest BCUT2D eigenvalue weighted by atomic mass is 16.2. The van der Waals surface area contributed by atoms with Gasteiger partial charge in [-0.2, -0.15) is 0 Å². The van der Waals surface area contributed by atoms with Crippen LogP contribution in [-0.4, -0.2) is 43.6 Å². The monoisotopic (exact) mass is 375 g/mol. The van der Waals surface area contributed by atoms with Gasteiger partial charge in [0.1, 0.15) is 18.5 Å². The maximum absolute atomic E-state index is 13.1. The number of benzene rings is 1. The average molecular weight is 375 g/mol. The minimum atomic E-state index is 0.0808. The minimum absolute atomic E-state index is 0.0808. The van der Waals surface area contributed by atoms with Crippen molar-refractivity contribution in [3.63, 3.8) is 0 Å². The van der Waals surface area contributed by atoms with Gasteiger partial charge in [0.2, 0.25) is 0 Å². The molecule has 1 fully saturated rings. The van der Waals surface area contributed by atoms with E-state index in [9.17, 15) is 4.79 Å². The van der Waals surface area contributed by atoms with Crippen molar-refractivity contribution >= 4 is 5.91 Å². The van der Waals surface area contributed by atoms with E-state index in [4.69, 9.17) is 0 Å². The summed E-state index contributed by atoms with van der Waals surface area (Å²) in [7, 11) is 0. The second-order valence-corrected chi connectivity index (χ2v) is 7.50. The van der Waals surface area contributed by atoms with E-state index in [1.165, 1.54) is 17.5 Å². The first-order chi connectivity index (χ1) is 13.7. The van der Waals surface area contributed by atoms with Gasteiger partial charge in [-0.3, -0.25) is 9.36 Å². The third-order valence-electron chi connectivity index (χ3n) is 5.57. The number of aryl methyl sites for hydroxylation is 2.